The Balaban J connectivity index is 1.97. The van der Waals surface area contributed by atoms with E-state index in [2.05, 4.69) is 27.7 Å². The van der Waals surface area contributed by atoms with Crippen LogP contribution in [0.5, 0.6) is 0 Å². The van der Waals surface area contributed by atoms with E-state index in [0.717, 1.165) is 24.3 Å². The molecule has 0 spiro atoms. The molecule has 158 valence electrons. The van der Waals surface area contributed by atoms with Gasteiger partial charge in [0.15, 0.2) is 0 Å². The van der Waals surface area contributed by atoms with Gasteiger partial charge in [0, 0.05) is 6.42 Å². The van der Waals surface area contributed by atoms with Gasteiger partial charge in [-0.05, 0) is 50.2 Å². The summed E-state index contributed by atoms with van der Waals surface area (Å²) in [6.07, 6.45) is 19.4. The Bertz CT molecular complexity index is 436. The largest absolute Gasteiger partial charge is 0.299 e. The molecule has 0 amide bonds. The third kappa shape index (κ3) is 11.4. The predicted octanol–water partition coefficient (Wildman–Crippen LogP) is 8.52. The zero-order chi connectivity index (χ0) is 20.0. The number of carbonyl (C=O) groups is 1. The highest BCUT2D eigenvalue weighted by atomic mass is 32.2. The minimum Gasteiger partial charge on any atom is -0.299 e. The van der Waals surface area contributed by atoms with Gasteiger partial charge in [0.2, 0.25) is 0 Å². The van der Waals surface area contributed by atoms with Crippen LogP contribution in [0.2, 0.25) is 0 Å². The minimum absolute atomic E-state index is 0.311. The van der Waals surface area contributed by atoms with Crippen LogP contribution in [-0.2, 0) is 4.79 Å². The van der Waals surface area contributed by atoms with Gasteiger partial charge >= 0.3 is 0 Å². The molecule has 0 radical (unpaired) electrons. The van der Waals surface area contributed by atoms with E-state index in [1.807, 2.05) is 11.8 Å². The Morgan fingerprint density at radius 3 is 2.15 bits per heavy atom. The lowest BCUT2D eigenvalue weighted by molar-refractivity contribution is -0.116. The molecule has 0 unspecified atom stereocenters. The molecule has 1 aliphatic carbocycles. The van der Waals surface area contributed by atoms with Gasteiger partial charge in [0.1, 0.15) is 5.78 Å². The van der Waals surface area contributed by atoms with E-state index < -0.39 is 0 Å². The van der Waals surface area contributed by atoms with Crippen molar-refractivity contribution in [2.75, 3.05) is 11.5 Å². The fourth-order valence-corrected chi connectivity index (χ4v) is 5.37. The molecule has 0 aromatic heterocycles. The van der Waals surface area contributed by atoms with Crippen LogP contribution in [0.25, 0.3) is 0 Å². The van der Waals surface area contributed by atoms with E-state index in [4.69, 9.17) is 0 Å². The van der Waals surface area contributed by atoms with Crippen LogP contribution in [0.3, 0.4) is 0 Å². The summed E-state index contributed by atoms with van der Waals surface area (Å²) in [6.45, 7) is 9.27. The summed E-state index contributed by atoms with van der Waals surface area (Å²) >= 11 is 1.86. The number of carbonyl (C=O) groups excluding carboxylic acids is 1. The molecule has 0 heterocycles. The number of hydrogen-bond acceptors (Lipinski definition) is 2. The fourth-order valence-electron chi connectivity index (χ4n) is 4.44. The molecule has 1 rings (SSSR count). The molecule has 0 atom stereocenters. The first-order valence-electron chi connectivity index (χ1n) is 11.8. The van der Waals surface area contributed by atoms with E-state index in [1.54, 1.807) is 11.1 Å². The van der Waals surface area contributed by atoms with Crippen LogP contribution in [0.4, 0.5) is 0 Å². The molecule has 0 saturated carbocycles. The quantitative estimate of drug-likeness (QED) is 0.193. The molecular formula is C25H46OS. The van der Waals surface area contributed by atoms with Gasteiger partial charge in [0.05, 0.1) is 5.75 Å². The van der Waals surface area contributed by atoms with E-state index in [0.29, 0.717) is 11.2 Å². The maximum Gasteiger partial charge on any atom is 0.143 e. The van der Waals surface area contributed by atoms with Crippen molar-refractivity contribution in [3.05, 3.63) is 11.1 Å². The lowest BCUT2D eigenvalue weighted by Gasteiger charge is -2.34. The van der Waals surface area contributed by atoms with Crippen molar-refractivity contribution >= 4 is 17.5 Å². The molecule has 0 bridgehead atoms. The molecule has 0 saturated heterocycles. The average Bonchev–Trinajstić information content (AvgIpc) is 2.61. The molecule has 0 aromatic rings. The predicted molar refractivity (Wildman–Crippen MR) is 124 cm³/mol. The van der Waals surface area contributed by atoms with E-state index in [-0.39, 0.29) is 0 Å². The molecule has 1 nitrogen and oxygen atoms in total. The highest BCUT2D eigenvalue weighted by molar-refractivity contribution is 7.99. The van der Waals surface area contributed by atoms with Crippen LogP contribution < -0.4 is 0 Å². The fraction of sp³-hybridized carbons (Fsp3) is 0.880. The second kappa shape index (κ2) is 14.7. The summed E-state index contributed by atoms with van der Waals surface area (Å²) in [6, 6.07) is 0. The molecule has 0 aliphatic heterocycles. The van der Waals surface area contributed by atoms with Gasteiger partial charge in [0.25, 0.3) is 0 Å². The molecule has 0 aromatic carbocycles. The van der Waals surface area contributed by atoms with E-state index in [1.165, 1.54) is 83.5 Å². The average molecular weight is 395 g/mol. The lowest BCUT2D eigenvalue weighted by Crippen LogP contribution is -2.21. The van der Waals surface area contributed by atoms with Crippen molar-refractivity contribution in [2.24, 2.45) is 5.41 Å². The standard InChI is InChI=1S/C25H46OS/c1-5-6-7-8-9-10-11-12-13-14-20-27-21-23(26)17-18-24-22(2)16-15-19-25(24,3)4/h5-21H2,1-4H3. The van der Waals surface area contributed by atoms with Gasteiger partial charge in [-0.15, -0.1) is 0 Å². The monoisotopic (exact) mass is 394 g/mol. The topological polar surface area (TPSA) is 17.1 Å². The molecule has 2 heteroatoms. The number of rotatable bonds is 16. The molecular weight excluding hydrogens is 348 g/mol. The summed E-state index contributed by atoms with van der Waals surface area (Å²) < 4.78 is 0. The Morgan fingerprint density at radius 1 is 0.963 bits per heavy atom. The summed E-state index contributed by atoms with van der Waals surface area (Å²) in [5.74, 6) is 2.34. The van der Waals surface area contributed by atoms with Crippen LogP contribution in [-0.4, -0.2) is 17.3 Å². The first-order valence-corrected chi connectivity index (χ1v) is 12.9. The van der Waals surface area contributed by atoms with Crippen molar-refractivity contribution < 1.29 is 4.79 Å². The van der Waals surface area contributed by atoms with E-state index in [9.17, 15) is 4.79 Å². The summed E-state index contributed by atoms with van der Waals surface area (Å²) in [5.41, 5.74) is 3.44. The zero-order valence-electron chi connectivity index (χ0n) is 18.8. The van der Waals surface area contributed by atoms with Gasteiger partial charge in [-0.1, -0.05) is 89.7 Å². The Hall–Kier alpha value is -0.240. The maximum absolute atomic E-state index is 12.2. The van der Waals surface area contributed by atoms with Gasteiger partial charge in [-0.25, -0.2) is 0 Å². The highest BCUT2D eigenvalue weighted by Crippen LogP contribution is 2.42. The summed E-state index contributed by atoms with van der Waals surface area (Å²) in [4.78, 5) is 12.2. The molecule has 0 N–H and O–H groups in total. The van der Waals surface area contributed by atoms with E-state index >= 15 is 0 Å². The summed E-state index contributed by atoms with van der Waals surface area (Å²) in [7, 11) is 0. The van der Waals surface area contributed by atoms with Crippen LogP contribution in [0.1, 0.15) is 124 Å². The molecule has 0 fully saturated rings. The third-order valence-electron chi connectivity index (χ3n) is 6.24. The van der Waals surface area contributed by atoms with Crippen molar-refractivity contribution in [3.63, 3.8) is 0 Å². The van der Waals surface area contributed by atoms with Gasteiger partial charge in [-0.2, -0.15) is 11.8 Å². The van der Waals surface area contributed by atoms with Crippen molar-refractivity contribution in [1.29, 1.82) is 0 Å². The highest BCUT2D eigenvalue weighted by Gasteiger charge is 2.28. The number of unbranched alkanes of at least 4 members (excludes halogenated alkanes) is 9. The van der Waals surface area contributed by atoms with Crippen molar-refractivity contribution in [2.45, 2.75) is 124 Å². The maximum atomic E-state index is 12.2. The second-order valence-corrected chi connectivity index (χ2v) is 10.4. The van der Waals surface area contributed by atoms with Crippen LogP contribution >= 0.6 is 11.8 Å². The normalized spacial score (nSPS) is 16.7. The van der Waals surface area contributed by atoms with Gasteiger partial charge < -0.3 is 0 Å². The van der Waals surface area contributed by atoms with Crippen molar-refractivity contribution in [3.8, 4) is 0 Å². The molecule has 1 aliphatic rings. The SMILES string of the molecule is CCCCCCCCCCCCSCC(=O)CCC1=C(C)CCCC1(C)C. The van der Waals surface area contributed by atoms with Crippen LogP contribution in [0, 0.1) is 5.41 Å². The summed E-state index contributed by atoms with van der Waals surface area (Å²) in [5, 5.41) is 0. The Labute approximate surface area is 174 Å². The number of hydrogen-bond donors (Lipinski definition) is 0. The van der Waals surface area contributed by atoms with Gasteiger partial charge in [-0.3, -0.25) is 4.79 Å². The van der Waals surface area contributed by atoms with Crippen molar-refractivity contribution in [1.82, 2.24) is 0 Å². The second-order valence-electron chi connectivity index (χ2n) is 9.27. The number of allylic oxidation sites excluding steroid dienone is 2. The number of thioether (sulfide) groups is 1. The first-order chi connectivity index (χ1) is 13.0. The zero-order valence-corrected chi connectivity index (χ0v) is 19.7. The number of Topliss-reactive ketones (excluding diaryl/α,β-unsaturated/α-hetero) is 1. The Morgan fingerprint density at radius 2 is 1.56 bits per heavy atom. The Kier molecular flexibility index (Phi) is 13.5. The van der Waals surface area contributed by atoms with Crippen LogP contribution in [0.15, 0.2) is 11.1 Å². The smallest absolute Gasteiger partial charge is 0.143 e. The first kappa shape index (κ1) is 24.8. The minimum atomic E-state index is 0.311. The lowest BCUT2D eigenvalue weighted by atomic mass is 9.71. The third-order valence-corrected chi connectivity index (χ3v) is 7.35. The number of ketones is 1. The molecule has 27 heavy (non-hydrogen) atoms.